The van der Waals surface area contributed by atoms with Crippen LogP contribution in [0.3, 0.4) is 0 Å². The van der Waals surface area contributed by atoms with Gasteiger partial charge in [0, 0.05) is 38.4 Å². The zero-order chi connectivity index (χ0) is 37.0. The van der Waals surface area contributed by atoms with E-state index in [2.05, 4.69) is 156 Å². The van der Waals surface area contributed by atoms with Crippen LogP contribution in [0, 0.1) is 0 Å². The van der Waals surface area contributed by atoms with E-state index in [-0.39, 0.29) is 0 Å². The normalized spacial score (nSPS) is 11.6. The lowest BCUT2D eigenvalue weighted by Crippen LogP contribution is -2.00. The molecule has 0 aliphatic rings. The van der Waals surface area contributed by atoms with Crippen molar-refractivity contribution in [2.45, 2.75) is 0 Å². The number of nitrogens with zero attached hydrogens (tertiary/aromatic N) is 4. The van der Waals surface area contributed by atoms with E-state index < -0.39 is 0 Å². The highest BCUT2D eigenvalue weighted by Gasteiger charge is 2.19. The topological polar surface area (TPSA) is 56.7 Å². The third kappa shape index (κ3) is 5.37. The van der Waals surface area contributed by atoms with Crippen molar-refractivity contribution >= 4 is 43.7 Å². The molecule has 5 heteroatoms. The molecule has 0 aliphatic carbocycles. The molecular weight excluding hydrogens is 685 g/mol. The zero-order valence-electron chi connectivity index (χ0n) is 30.2. The Hall–Kier alpha value is -7.63. The first-order valence-electron chi connectivity index (χ1n) is 18.8. The maximum absolute atomic E-state index is 6.78. The minimum atomic E-state index is 0.559. The van der Waals surface area contributed by atoms with Crippen LogP contribution in [0.1, 0.15) is 0 Å². The Bertz CT molecular complexity index is 3240. The Kier molecular flexibility index (Phi) is 7.42. The second-order valence-corrected chi connectivity index (χ2v) is 14.0. The molecule has 0 saturated heterocycles. The molecule has 56 heavy (non-hydrogen) atoms. The number of hydrogen-bond donors (Lipinski definition) is 0. The summed E-state index contributed by atoms with van der Waals surface area (Å²) in [5, 5.41) is 4.49. The molecule has 0 spiro atoms. The highest BCUT2D eigenvalue weighted by molar-refractivity contribution is 6.12. The van der Waals surface area contributed by atoms with Crippen LogP contribution in [0.2, 0.25) is 0 Å². The zero-order valence-corrected chi connectivity index (χ0v) is 30.2. The number of para-hydroxylation sites is 3. The molecule has 0 atom stereocenters. The predicted octanol–water partition coefficient (Wildman–Crippen LogP) is 13.2. The van der Waals surface area contributed by atoms with Crippen molar-refractivity contribution in [3.05, 3.63) is 194 Å². The first-order chi connectivity index (χ1) is 27.7. The molecule has 0 radical (unpaired) electrons. The van der Waals surface area contributed by atoms with Crippen LogP contribution in [0.5, 0.6) is 0 Å². The van der Waals surface area contributed by atoms with Gasteiger partial charge in [-0.2, -0.15) is 0 Å². The van der Waals surface area contributed by atoms with E-state index in [1.165, 1.54) is 21.8 Å². The van der Waals surface area contributed by atoms with E-state index in [0.717, 1.165) is 66.6 Å². The van der Waals surface area contributed by atoms with Crippen molar-refractivity contribution in [3.63, 3.8) is 0 Å². The molecule has 11 rings (SSSR count). The Labute approximate surface area is 322 Å². The van der Waals surface area contributed by atoms with Gasteiger partial charge >= 0.3 is 0 Å². The summed E-state index contributed by atoms with van der Waals surface area (Å²) in [7, 11) is 0. The van der Waals surface area contributed by atoms with E-state index in [1.54, 1.807) is 0 Å². The molecule has 0 amide bonds. The van der Waals surface area contributed by atoms with Gasteiger partial charge in [-0.25, -0.2) is 15.0 Å². The third-order valence-corrected chi connectivity index (χ3v) is 10.7. The van der Waals surface area contributed by atoms with Crippen LogP contribution in [0.4, 0.5) is 0 Å². The van der Waals surface area contributed by atoms with Gasteiger partial charge < -0.3 is 8.98 Å². The summed E-state index contributed by atoms with van der Waals surface area (Å²) in [4.78, 5) is 15.2. The highest BCUT2D eigenvalue weighted by atomic mass is 16.3. The summed E-state index contributed by atoms with van der Waals surface area (Å²) < 4.78 is 9.12. The average Bonchev–Trinajstić information content (AvgIpc) is 3.82. The smallest absolute Gasteiger partial charge is 0.167 e. The second kappa shape index (κ2) is 13.0. The van der Waals surface area contributed by atoms with Gasteiger partial charge in [-0.15, -0.1) is 0 Å². The summed E-state index contributed by atoms with van der Waals surface area (Å²) in [6, 6.07) is 67.4. The first kappa shape index (κ1) is 31.9. The van der Waals surface area contributed by atoms with Crippen LogP contribution in [0.25, 0.3) is 106 Å². The van der Waals surface area contributed by atoms with Gasteiger partial charge in [0.1, 0.15) is 11.2 Å². The fourth-order valence-electron chi connectivity index (χ4n) is 7.97. The lowest BCUT2D eigenvalue weighted by atomic mass is 10.0. The largest absolute Gasteiger partial charge is 0.455 e. The van der Waals surface area contributed by atoms with E-state index >= 15 is 0 Å². The molecule has 262 valence electrons. The van der Waals surface area contributed by atoms with Crippen molar-refractivity contribution < 1.29 is 4.42 Å². The number of hydrogen-bond acceptors (Lipinski definition) is 4. The van der Waals surface area contributed by atoms with Gasteiger partial charge in [0.05, 0.1) is 16.6 Å². The molecule has 0 bridgehead atoms. The lowest BCUT2D eigenvalue weighted by Gasteiger charge is -2.10. The fourth-order valence-corrected chi connectivity index (χ4v) is 7.97. The SMILES string of the molecule is c1ccc(-c2cccc(-c3nc(-c4ccccc4)nc(-c4cccc5c4oc4cc(-c6ccc7c(c6)c6ccccc6n7-c6ccccc6)ccc45)n3)c2)cc1. The molecule has 0 fully saturated rings. The van der Waals surface area contributed by atoms with E-state index in [9.17, 15) is 0 Å². The van der Waals surface area contributed by atoms with E-state index in [0.29, 0.717) is 17.5 Å². The van der Waals surface area contributed by atoms with Gasteiger partial charge in [0.15, 0.2) is 17.5 Å². The van der Waals surface area contributed by atoms with E-state index in [4.69, 9.17) is 19.4 Å². The molecule has 3 heterocycles. The average molecular weight is 717 g/mol. The van der Waals surface area contributed by atoms with Crippen molar-refractivity contribution in [2.75, 3.05) is 0 Å². The number of rotatable bonds is 6. The predicted molar refractivity (Wildman–Crippen MR) is 229 cm³/mol. The number of aromatic nitrogens is 4. The Balaban J connectivity index is 1.04. The molecule has 8 aromatic carbocycles. The Morgan fingerprint density at radius 1 is 0.339 bits per heavy atom. The first-order valence-corrected chi connectivity index (χ1v) is 18.8. The van der Waals surface area contributed by atoms with E-state index in [1.807, 2.05) is 42.5 Å². The number of fused-ring (bicyclic) bond motifs is 6. The Morgan fingerprint density at radius 2 is 0.911 bits per heavy atom. The summed E-state index contributed by atoms with van der Waals surface area (Å²) >= 11 is 0. The van der Waals surface area contributed by atoms with Gasteiger partial charge in [0.25, 0.3) is 0 Å². The highest BCUT2D eigenvalue weighted by Crippen LogP contribution is 2.39. The Morgan fingerprint density at radius 3 is 1.73 bits per heavy atom. The van der Waals surface area contributed by atoms with Crippen LogP contribution in [-0.4, -0.2) is 19.5 Å². The van der Waals surface area contributed by atoms with Crippen LogP contribution in [-0.2, 0) is 0 Å². The monoisotopic (exact) mass is 716 g/mol. The van der Waals surface area contributed by atoms with Gasteiger partial charge in [-0.3, -0.25) is 0 Å². The molecular formula is C51H32N4O. The summed E-state index contributed by atoms with van der Waals surface area (Å²) in [5.41, 5.74) is 12.2. The summed E-state index contributed by atoms with van der Waals surface area (Å²) in [6.45, 7) is 0. The maximum atomic E-state index is 6.78. The molecule has 0 N–H and O–H groups in total. The standard InChI is InChI=1S/C51H32N4O/c1-4-14-33(15-5-1)35-18-12-19-38(30-35)50-52-49(34-16-6-2-7-17-34)53-51(54-50)43-24-13-23-42-41-28-26-37(32-47(41)56-48(42)43)36-27-29-46-44(31-36)40-22-10-11-25-45(40)55(46)39-20-8-3-9-21-39/h1-32H. The third-order valence-electron chi connectivity index (χ3n) is 10.7. The fraction of sp³-hybridized carbons (Fsp3) is 0. The number of benzene rings is 8. The summed E-state index contributed by atoms with van der Waals surface area (Å²) in [5.74, 6) is 1.77. The number of furan rings is 1. The van der Waals surface area contributed by atoms with Gasteiger partial charge in [-0.1, -0.05) is 140 Å². The van der Waals surface area contributed by atoms with Crippen LogP contribution < -0.4 is 0 Å². The van der Waals surface area contributed by atoms with Crippen LogP contribution in [0.15, 0.2) is 199 Å². The summed E-state index contributed by atoms with van der Waals surface area (Å²) in [6.07, 6.45) is 0. The van der Waals surface area contributed by atoms with Crippen LogP contribution >= 0.6 is 0 Å². The molecule has 3 aromatic heterocycles. The van der Waals surface area contributed by atoms with Gasteiger partial charge in [0.2, 0.25) is 0 Å². The second-order valence-electron chi connectivity index (χ2n) is 14.0. The quantitative estimate of drug-likeness (QED) is 0.172. The molecule has 11 aromatic rings. The van der Waals surface area contributed by atoms with Gasteiger partial charge in [-0.05, 0) is 76.9 Å². The van der Waals surface area contributed by atoms with Crippen molar-refractivity contribution in [1.29, 1.82) is 0 Å². The van der Waals surface area contributed by atoms with Crippen molar-refractivity contribution in [2.24, 2.45) is 0 Å². The molecule has 0 unspecified atom stereocenters. The lowest BCUT2D eigenvalue weighted by molar-refractivity contribution is 0.669. The maximum Gasteiger partial charge on any atom is 0.167 e. The molecule has 0 saturated carbocycles. The molecule has 5 nitrogen and oxygen atoms in total. The minimum Gasteiger partial charge on any atom is -0.455 e. The van der Waals surface area contributed by atoms with Crippen molar-refractivity contribution in [3.8, 4) is 62.1 Å². The molecule has 0 aliphatic heterocycles. The van der Waals surface area contributed by atoms with Crippen molar-refractivity contribution in [1.82, 2.24) is 19.5 Å². The minimum absolute atomic E-state index is 0.559.